The summed E-state index contributed by atoms with van der Waals surface area (Å²) in [6.45, 7) is 1.47. The Balaban J connectivity index is 1.77. The van der Waals surface area contributed by atoms with Crippen LogP contribution in [0.25, 0.3) is 5.69 Å². The van der Waals surface area contributed by atoms with Gasteiger partial charge in [-0.15, -0.1) is 0 Å². The van der Waals surface area contributed by atoms with Gasteiger partial charge in [0.25, 0.3) is 0 Å². The van der Waals surface area contributed by atoms with E-state index in [1.807, 2.05) is 0 Å². The van der Waals surface area contributed by atoms with Crippen LogP contribution in [0.3, 0.4) is 0 Å². The van der Waals surface area contributed by atoms with Crippen molar-refractivity contribution in [3.63, 3.8) is 0 Å². The fourth-order valence-corrected chi connectivity index (χ4v) is 3.29. The molecular formula is C20H16ClN5O3S2. The van der Waals surface area contributed by atoms with Crippen LogP contribution in [0.1, 0.15) is 6.92 Å². The van der Waals surface area contributed by atoms with Crippen molar-refractivity contribution in [1.82, 2.24) is 14.8 Å². The minimum Gasteiger partial charge on any atom is -0.480 e. The maximum atomic E-state index is 12.3. The van der Waals surface area contributed by atoms with Gasteiger partial charge in [-0.2, -0.15) is 0 Å². The summed E-state index contributed by atoms with van der Waals surface area (Å²) in [5, 5.41) is 18.0. The maximum Gasteiger partial charge on any atom is 0.327 e. The Hall–Kier alpha value is -3.39. The number of carbonyl (C=O) groups excluding carboxylic acids is 1. The van der Waals surface area contributed by atoms with Crippen LogP contribution in [0.4, 0.5) is 11.4 Å². The highest BCUT2D eigenvalue weighted by molar-refractivity contribution is 7.72. The summed E-state index contributed by atoms with van der Waals surface area (Å²) in [4.78, 5) is 25.0. The van der Waals surface area contributed by atoms with Gasteiger partial charge in [0.15, 0.2) is 9.54 Å². The van der Waals surface area contributed by atoms with E-state index in [1.165, 1.54) is 11.8 Å². The van der Waals surface area contributed by atoms with Crippen LogP contribution in [0.5, 0.6) is 0 Å². The normalized spacial score (nSPS) is 11.2. The van der Waals surface area contributed by atoms with Crippen molar-refractivity contribution in [2.24, 2.45) is 0 Å². The van der Waals surface area contributed by atoms with Crippen LogP contribution in [-0.2, 0) is 9.59 Å². The van der Waals surface area contributed by atoms with E-state index in [2.05, 4.69) is 27.5 Å². The van der Waals surface area contributed by atoms with Crippen LogP contribution >= 0.6 is 36.0 Å². The van der Waals surface area contributed by atoms with Crippen molar-refractivity contribution < 1.29 is 14.7 Å². The van der Waals surface area contributed by atoms with Crippen molar-refractivity contribution >= 4 is 59.3 Å². The van der Waals surface area contributed by atoms with E-state index >= 15 is 0 Å². The molecule has 158 valence electrons. The molecule has 3 rings (SSSR count). The van der Waals surface area contributed by atoms with Crippen molar-refractivity contribution in [1.29, 1.82) is 0 Å². The number of halogens is 1. The molecule has 0 spiro atoms. The molecular weight excluding hydrogens is 458 g/mol. The highest BCUT2D eigenvalue weighted by atomic mass is 35.5. The second-order valence-corrected chi connectivity index (χ2v) is 7.50. The van der Waals surface area contributed by atoms with Crippen molar-refractivity contribution in [2.75, 3.05) is 10.2 Å². The molecule has 1 unspecified atom stereocenters. The van der Waals surface area contributed by atoms with E-state index in [0.717, 1.165) is 5.69 Å². The third kappa shape index (κ3) is 5.40. The summed E-state index contributed by atoms with van der Waals surface area (Å²) in [7, 11) is 0. The molecule has 11 heteroatoms. The SMILES string of the molecule is CC(C(=O)O)N(C#CC(=O)Nc1ccc(-n2c(=S)[nH][nH]c2=S)cc1)c1ccc(Cl)cc1. The van der Waals surface area contributed by atoms with Crippen molar-refractivity contribution in [3.05, 3.63) is 63.1 Å². The van der Waals surface area contributed by atoms with Crippen LogP contribution in [0.2, 0.25) is 5.02 Å². The summed E-state index contributed by atoms with van der Waals surface area (Å²) >= 11 is 16.2. The molecule has 0 aliphatic rings. The van der Waals surface area contributed by atoms with Gasteiger partial charge in [0, 0.05) is 28.4 Å². The van der Waals surface area contributed by atoms with Crippen LogP contribution in [-0.4, -0.2) is 37.8 Å². The number of carbonyl (C=O) groups is 2. The van der Waals surface area contributed by atoms with E-state index in [1.54, 1.807) is 53.1 Å². The number of hydrogen-bond acceptors (Lipinski definition) is 5. The molecule has 2 aromatic carbocycles. The van der Waals surface area contributed by atoms with Crippen LogP contribution in [0, 0.1) is 21.5 Å². The first-order valence-electron chi connectivity index (χ1n) is 8.86. The first kappa shape index (κ1) is 22.3. The fourth-order valence-electron chi connectivity index (χ4n) is 2.61. The summed E-state index contributed by atoms with van der Waals surface area (Å²) in [5.41, 5.74) is 1.73. The Morgan fingerprint density at radius 2 is 1.68 bits per heavy atom. The summed E-state index contributed by atoms with van der Waals surface area (Å²) < 4.78 is 2.47. The lowest BCUT2D eigenvalue weighted by Gasteiger charge is -2.21. The lowest BCUT2D eigenvalue weighted by molar-refractivity contribution is -0.138. The molecule has 0 fully saturated rings. The van der Waals surface area contributed by atoms with Crippen LogP contribution < -0.4 is 10.2 Å². The number of amides is 1. The third-order valence-corrected chi connectivity index (χ3v) is 5.03. The highest BCUT2D eigenvalue weighted by Crippen LogP contribution is 2.20. The number of benzene rings is 2. The molecule has 1 aromatic heterocycles. The van der Waals surface area contributed by atoms with E-state index in [0.29, 0.717) is 25.9 Å². The zero-order valence-corrected chi connectivity index (χ0v) is 18.4. The average molecular weight is 474 g/mol. The lowest BCUT2D eigenvalue weighted by atomic mass is 10.2. The van der Waals surface area contributed by atoms with Gasteiger partial charge in [0.1, 0.15) is 6.04 Å². The van der Waals surface area contributed by atoms with E-state index in [4.69, 9.17) is 36.0 Å². The minimum atomic E-state index is -1.08. The Bertz CT molecular complexity index is 1260. The first-order valence-corrected chi connectivity index (χ1v) is 10.1. The number of aromatic nitrogens is 3. The number of carboxylic acid groups (broad SMARTS) is 1. The molecule has 0 saturated carbocycles. The maximum absolute atomic E-state index is 12.3. The number of H-pyrrole nitrogens is 2. The Labute approximate surface area is 192 Å². The summed E-state index contributed by atoms with van der Waals surface area (Å²) in [5.74, 6) is 0.743. The Morgan fingerprint density at radius 3 is 2.23 bits per heavy atom. The summed E-state index contributed by atoms with van der Waals surface area (Å²) in [6, 6.07) is 15.0. The van der Waals surface area contributed by atoms with Gasteiger partial charge in [-0.05, 0) is 79.9 Å². The smallest absolute Gasteiger partial charge is 0.327 e. The Kier molecular flexibility index (Phi) is 6.91. The van der Waals surface area contributed by atoms with Crippen LogP contribution in [0.15, 0.2) is 48.5 Å². The largest absolute Gasteiger partial charge is 0.480 e. The zero-order valence-electron chi connectivity index (χ0n) is 16.0. The van der Waals surface area contributed by atoms with Gasteiger partial charge in [-0.25, -0.2) is 4.79 Å². The van der Waals surface area contributed by atoms with E-state index in [-0.39, 0.29) is 0 Å². The second kappa shape index (κ2) is 9.61. The van der Waals surface area contributed by atoms with Gasteiger partial charge in [-0.3, -0.25) is 24.5 Å². The topological polar surface area (TPSA) is 106 Å². The first-order chi connectivity index (χ1) is 14.8. The van der Waals surface area contributed by atoms with Gasteiger partial charge in [0.05, 0.1) is 5.69 Å². The molecule has 0 aliphatic heterocycles. The average Bonchev–Trinajstić information content (AvgIpc) is 3.08. The molecule has 0 bridgehead atoms. The predicted octanol–water partition coefficient (Wildman–Crippen LogP) is 4.12. The number of nitrogens with zero attached hydrogens (tertiary/aromatic N) is 2. The van der Waals surface area contributed by atoms with Gasteiger partial charge in [0.2, 0.25) is 0 Å². The molecule has 0 saturated heterocycles. The lowest BCUT2D eigenvalue weighted by Crippen LogP contribution is -2.35. The monoisotopic (exact) mass is 473 g/mol. The number of aromatic amines is 2. The van der Waals surface area contributed by atoms with E-state index in [9.17, 15) is 14.7 Å². The molecule has 1 amide bonds. The molecule has 1 heterocycles. The Morgan fingerprint density at radius 1 is 1.10 bits per heavy atom. The molecule has 3 aromatic rings. The quantitative estimate of drug-likeness (QED) is 0.252. The number of nitrogens with one attached hydrogen (secondary N) is 3. The van der Waals surface area contributed by atoms with Gasteiger partial charge in [-0.1, -0.05) is 11.6 Å². The molecule has 8 nitrogen and oxygen atoms in total. The zero-order chi connectivity index (χ0) is 22.5. The summed E-state index contributed by atoms with van der Waals surface area (Å²) in [6.07, 6.45) is 0. The van der Waals surface area contributed by atoms with Crippen molar-refractivity contribution in [2.45, 2.75) is 13.0 Å². The highest BCUT2D eigenvalue weighted by Gasteiger charge is 2.20. The van der Waals surface area contributed by atoms with Crippen molar-refractivity contribution in [3.8, 4) is 17.7 Å². The van der Waals surface area contributed by atoms with Gasteiger partial charge >= 0.3 is 11.9 Å². The predicted molar refractivity (Wildman–Crippen MR) is 124 cm³/mol. The number of hydrogen-bond donors (Lipinski definition) is 4. The van der Waals surface area contributed by atoms with Gasteiger partial charge < -0.3 is 10.4 Å². The van der Waals surface area contributed by atoms with E-state index < -0.39 is 17.9 Å². The number of rotatable bonds is 5. The number of anilines is 2. The molecule has 1 atom stereocenters. The standard InChI is InChI=1S/C20H16ClN5O3S2/c1-12(18(28)29)25(15-6-2-13(21)3-7-15)11-10-17(27)22-14-4-8-16(9-5-14)26-19(30)23-24-20(26)31/h2-9,12H,1H3,(H,22,27)(H,23,30)(H,24,31)(H,28,29). The fraction of sp³-hybridized carbons (Fsp3) is 0.100. The third-order valence-electron chi connectivity index (χ3n) is 4.21. The molecule has 0 radical (unpaired) electrons. The second-order valence-electron chi connectivity index (χ2n) is 6.29. The number of carboxylic acids is 1. The molecule has 31 heavy (non-hydrogen) atoms. The minimum absolute atomic E-state index is 0.419. The molecule has 0 aliphatic carbocycles. The molecule has 4 N–H and O–H groups in total. The number of aliphatic carboxylic acids is 1.